The van der Waals surface area contributed by atoms with E-state index >= 15 is 0 Å². The van der Waals surface area contributed by atoms with Gasteiger partial charge in [0.1, 0.15) is 11.8 Å². The Balaban J connectivity index is 2.81. The molecule has 0 fully saturated rings. The summed E-state index contributed by atoms with van der Waals surface area (Å²) in [7, 11) is 1.61. The van der Waals surface area contributed by atoms with Crippen LogP contribution in [-0.2, 0) is 4.79 Å². The van der Waals surface area contributed by atoms with E-state index in [1.807, 2.05) is 19.9 Å². The van der Waals surface area contributed by atoms with E-state index in [-0.39, 0.29) is 18.1 Å². The zero-order chi connectivity index (χ0) is 13.7. The number of benzene rings is 1. The molecule has 4 N–H and O–H groups in total. The van der Waals surface area contributed by atoms with E-state index in [1.165, 1.54) is 0 Å². The minimum atomic E-state index is -0.314. The molecule has 0 aromatic heterocycles. The van der Waals surface area contributed by atoms with Crippen LogP contribution >= 0.6 is 0 Å². The summed E-state index contributed by atoms with van der Waals surface area (Å²) in [6, 6.07) is 5.07. The molecule has 1 aromatic carbocycles. The molecule has 0 spiro atoms. The maximum atomic E-state index is 11.4. The lowest BCUT2D eigenvalue weighted by molar-refractivity contribution is -0.121. The first-order valence-corrected chi connectivity index (χ1v) is 5.98. The van der Waals surface area contributed by atoms with Crippen LogP contribution in [0.5, 0.6) is 5.75 Å². The molecule has 0 aliphatic rings. The third-order valence-corrected chi connectivity index (χ3v) is 2.40. The SMILES string of the molecule is CNC(=O)C(C)Nc1ccc(N)c(OC(C)C)c1. The lowest BCUT2D eigenvalue weighted by Gasteiger charge is -2.17. The number of carbonyl (C=O) groups is 1. The smallest absolute Gasteiger partial charge is 0.241 e. The van der Waals surface area contributed by atoms with E-state index in [9.17, 15) is 4.79 Å². The number of nitrogen functional groups attached to an aromatic ring is 1. The van der Waals surface area contributed by atoms with Gasteiger partial charge in [0.2, 0.25) is 5.91 Å². The third kappa shape index (κ3) is 3.84. The van der Waals surface area contributed by atoms with Crippen molar-refractivity contribution in [3.8, 4) is 5.75 Å². The molecule has 1 aromatic rings. The maximum absolute atomic E-state index is 11.4. The van der Waals surface area contributed by atoms with E-state index < -0.39 is 0 Å². The number of hydrogen-bond donors (Lipinski definition) is 3. The van der Waals surface area contributed by atoms with Gasteiger partial charge in [-0.1, -0.05) is 0 Å². The van der Waals surface area contributed by atoms with Crippen molar-refractivity contribution in [1.29, 1.82) is 0 Å². The zero-order valence-electron chi connectivity index (χ0n) is 11.3. The molecule has 0 saturated heterocycles. The number of ether oxygens (including phenoxy) is 1. The fraction of sp³-hybridized carbons (Fsp3) is 0.462. The summed E-state index contributed by atoms with van der Waals surface area (Å²) in [5, 5.41) is 5.67. The molecule has 1 atom stereocenters. The van der Waals surface area contributed by atoms with Crippen molar-refractivity contribution >= 4 is 17.3 Å². The Labute approximate surface area is 108 Å². The summed E-state index contributed by atoms with van der Waals surface area (Å²) in [6.45, 7) is 5.66. The van der Waals surface area contributed by atoms with Crippen LogP contribution in [0.25, 0.3) is 0 Å². The van der Waals surface area contributed by atoms with Crippen molar-refractivity contribution < 1.29 is 9.53 Å². The minimum Gasteiger partial charge on any atom is -0.489 e. The van der Waals surface area contributed by atoms with Crippen molar-refractivity contribution in [2.45, 2.75) is 32.9 Å². The molecule has 100 valence electrons. The van der Waals surface area contributed by atoms with Gasteiger partial charge >= 0.3 is 0 Å². The number of rotatable bonds is 5. The standard InChI is InChI=1S/C13H21N3O2/c1-8(2)18-12-7-10(5-6-11(12)14)16-9(3)13(17)15-4/h5-9,16H,14H2,1-4H3,(H,15,17). The van der Waals surface area contributed by atoms with Gasteiger partial charge in [-0.3, -0.25) is 4.79 Å². The summed E-state index contributed by atoms with van der Waals surface area (Å²) < 4.78 is 5.59. The molecule has 1 amide bonds. The highest BCUT2D eigenvalue weighted by molar-refractivity contribution is 5.84. The molecule has 0 bridgehead atoms. The van der Waals surface area contributed by atoms with Gasteiger partial charge < -0.3 is 21.1 Å². The van der Waals surface area contributed by atoms with Gasteiger partial charge in [0.15, 0.2) is 0 Å². The number of carbonyl (C=O) groups excluding carboxylic acids is 1. The van der Waals surface area contributed by atoms with Crippen LogP contribution < -0.4 is 21.1 Å². The van der Waals surface area contributed by atoms with Gasteiger partial charge in [0.05, 0.1) is 11.8 Å². The van der Waals surface area contributed by atoms with Crippen molar-refractivity contribution in [2.75, 3.05) is 18.1 Å². The lowest BCUT2D eigenvalue weighted by Crippen LogP contribution is -2.35. The number of nitrogens with two attached hydrogens (primary N) is 1. The van der Waals surface area contributed by atoms with Crippen LogP contribution in [0.4, 0.5) is 11.4 Å². The van der Waals surface area contributed by atoms with Crippen molar-refractivity contribution in [3.05, 3.63) is 18.2 Å². The van der Waals surface area contributed by atoms with E-state index in [2.05, 4.69) is 10.6 Å². The molecule has 0 aliphatic carbocycles. The number of nitrogens with one attached hydrogen (secondary N) is 2. The Kier molecular flexibility index (Phi) is 4.83. The highest BCUT2D eigenvalue weighted by atomic mass is 16.5. The summed E-state index contributed by atoms with van der Waals surface area (Å²) in [6.07, 6.45) is 0.0545. The second-order valence-electron chi connectivity index (χ2n) is 4.40. The topological polar surface area (TPSA) is 76.4 Å². The van der Waals surface area contributed by atoms with E-state index in [1.54, 1.807) is 26.1 Å². The van der Waals surface area contributed by atoms with Crippen molar-refractivity contribution in [1.82, 2.24) is 5.32 Å². The number of amides is 1. The molecular formula is C13H21N3O2. The Hall–Kier alpha value is -1.91. The molecule has 5 heteroatoms. The fourth-order valence-corrected chi connectivity index (χ4v) is 1.51. The van der Waals surface area contributed by atoms with Gasteiger partial charge in [-0.05, 0) is 32.9 Å². The molecule has 18 heavy (non-hydrogen) atoms. The van der Waals surface area contributed by atoms with Crippen molar-refractivity contribution in [2.24, 2.45) is 0 Å². The second kappa shape index (κ2) is 6.14. The predicted octanol–water partition coefficient (Wildman–Crippen LogP) is 1.60. The Morgan fingerprint density at radius 2 is 2.00 bits per heavy atom. The number of anilines is 2. The Morgan fingerprint density at radius 3 is 2.56 bits per heavy atom. The highest BCUT2D eigenvalue weighted by Gasteiger charge is 2.11. The van der Waals surface area contributed by atoms with Crippen LogP contribution in [0.3, 0.4) is 0 Å². The molecule has 0 aliphatic heterocycles. The van der Waals surface area contributed by atoms with Crippen LogP contribution in [0, 0.1) is 0 Å². The normalized spacial score (nSPS) is 12.1. The van der Waals surface area contributed by atoms with E-state index in [0.717, 1.165) is 5.69 Å². The van der Waals surface area contributed by atoms with Gasteiger partial charge in [0, 0.05) is 18.8 Å². The molecule has 1 rings (SSSR count). The van der Waals surface area contributed by atoms with Gasteiger partial charge in [-0.25, -0.2) is 0 Å². The molecule has 5 nitrogen and oxygen atoms in total. The van der Waals surface area contributed by atoms with Crippen LogP contribution in [0.2, 0.25) is 0 Å². The fourth-order valence-electron chi connectivity index (χ4n) is 1.51. The third-order valence-electron chi connectivity index (χ3n) is 2.40. The quantitative estimate of drug-likeness (QED) is 0.695. The summed E-state index contributed by atoms with van der Waals surface area (Å²) >= 11 is 0. The maximum Gasteiger partial charge on any atom is 0.241 e. The number of likely N-dealkylation sites (N-methyl/N-ethyl adjacent to an activating group) is 1. The van der Waals surface area contributed by atoms with Gasteiger partial charge in [0.25, 0.3) is 0 Å². The molecule has 0 radical (unpaired) electrons. The van der Waals surface area contributed by atoms with Crippen molar-refractivity contribution in [3.63, 3.8) is 0 Å². The van der Waals surface area contributed by atoms with Crippen LogP contribution in [0.15, 0.2) is 18.2 Å². The van der Waals surface area contributed by atoms with Crippen LogP contribution in [0.1, 0.15) is 20.8 Å². The largest absolute Gasteiger partial charge is 0.489 e. The molecular weight excluding hydrogens is 230 g/mol. The molecule has 0 heterocycles. The van der Waals surface area contributed by atoms with Gasteiger partial charge in [-0.15, -0.1) is 0 Å². The first-order chi connectivity index (χ1) is 8.43. The zero-order valence-corrected chi connectivity index (χ0v) is 11.3. The first-order valence-electron chi connectivity index (χ1n) is 5.98. The average molecular weight is 251 g/mol. The Morgan fingerprint density at radius 1 is 1.33 bits per heavy atom. The van der Waals surface area contributed by atoms with Gasteiger partial charge in [-0.2, -0.15) is 0 Å². The lowest BCUT2D eigenvalue weighted by atomic mass is 10.2. The second-order valence-corrected chi connectivity index (χ2v) is 4.40. The summed E-state index contributed by atoms with van der Waals surface area (Å²) in [5.41, 5.74) is 7.21. The van der Waals surface area contributed by atoms with E-state index in [0.29, 0.717) is 11.4 Å². The highest BCUT2D eigenvalue weighted by Crippen LogP contribution is 2.26. The Bertz CT molecular complexity index is 419. The first kappa shape index (κ1) is 14.2. The number of hydrogen-bond acceptors (Lipinski definition) is 4. The minimum absolute atomic E-state index is 0.0545. The molecule has 0 saturated carbocycles. The average Bonchev–Trinajstić information content (AvgIpc) is 2.31. The van der Waals surface area contributed by atoms with E-state index in [4.69, 9.17) is 10.5 Å². The predicted molar refractivity (Wildman–Crippen MR) is 73.8 cm³/mol. The molecule has 1 unspecified atom stereocenters. The monoisotopic (exact) mass is 251 g/mol. The van der Waals surface area contributed by atoms with Crippen LogP contribution in [-0.4, -0.2) is 25.1 Å². The summed E-state index contributed by atoms with van der Waals surface area (Å²) in [4.78, 5) is 11.4. The summed E-state index contributed by atoms with van der Waals surface area (Å²) in [5.74, 6) is 0.553.